The molecule has 1 fully saturated rings. The molecule has 9 nitrogen and oxygen atoms in total. The Labute approximate surface area is 172 Å². The lowest BCUT2D eigenvalue weighted by molar-refractivity contribution is -0.222. The van der Waals surface area contributed by atoms with E-state index in [1.807, 2.05) is 55.2 Å². The number of benzene rings is 1. The van der Waals surface area contributed by atoms with Crippen molar-refractivity contribution in [2.75, 3.05) is 5.32 Å². The summed E-state index contributed by atoms with van der Waals surface area (Å²) in [5.74, 6) is -2.71. The molecule has 154 valence electrons. The van der Waals surface area contributed by atoms with Gasteiger partial charge in [-0.2, -0.15) is 10.2 Å². The third-order valence-corrected chi connectivity index (χ3v) is 4.73. The smallest absolute Gasteiger partial charge is 0.350 e. The molecule has 2 aromatic heterocycles. The summed E-state index contributed by atoms with van der Waals surface area (Å²) in [6.45, 7) is 5.00. The van der Waals surface area contributed by atoms with E-state index < -0.39 is 17.7 Å². The number of aryl methyl sites for hydroxylation is 1. The highest BCUT2D eigenvalue weighted by molar-refractivity contribution is 6.15. The molecule has 30 heavy (non-hydrogen) atoms. The molecule has 0 unspecified atom stereocenters. The number of nitrogens with one attached hydrogen (secondary N) is 1. The fourth-order valence-corrected chi connectivity index (χ4v) is 3.01. The first-order valence-corrected chi connectivity index (χ1v) is 9.32. The van der Waals surface area contributed by atoms with E-state index in [0.29, 0.717) is 5.69 Å². The normalized spacial score (nSPS) is 15.5. The van der Waals surface area contributed by atoms with Crippen LogP contribution in [0.25, 0.3) is 16.9 Å². The van der Waals surface area contributed by atoms with Crippen molar-refractivity contribution in [3.05, 3.63) is 60.2 Å². The summed E-state index contributed by atoms with van der Waals surface area (Å²) in [6, 6.07) is 9.30. The number of hydrogen-bond acceptors (Lipinski definition) is 7. The van der Waals surface area contributed by atoms with Gasteiger partial charge in [-0.1, -0.05) is 0 Å². The maximum absolute atomic E-state index is 12.0. The first-order valence-electron chi connectivity index (χ1n) is 9.32. The number of cyclic esters (lactones) is 2. The van der Waals surface area contributed by atoms with Crippen molar-refractivity contribution in [1.29, 1.82) is 0 Å². The van der Waals surface area contributed by atoms with Crippen molar-refractivity contribution in [3.8, 4) is 16.9 Å². The molecule has 0 spiro atoms. The van der Waals surface area contributed by atoms with Gasteiger partial charge in [-0.25, -0.2) is 14.3 Å². The molecule has 0 bridgehead atoms. The molecule has 0 saturated carbocycles. The van der Waals surface area contributed by atoms with Crippen LogP contribution in [0.4, 0.5) is 5.69 Å². The molecule has 1 N–H and O–H groups in total. The van der Waals surface area contributed by atoms with Gasteiger partial charge in [0.2, 0.25) is 0 Å². The summed E-state index contributed by atoms with van der Waals surface area (Å²) in [4.78, 5) is 24.0. The van der Waals surface area contributed by atoms with E-state index in [2.05, 4.69) is 15.5 Å². The second kappa shape index (κ2) is 7.18. The fourth-order valence-electron chi connectivity index (χ4n) is 3.01. The summed E-state index contributed by atoms with van der Waals surface area (Å²) in [5.41, 5.74) is 4.21. The van der Waals surface area contributed by atoms with Gasteiger partial charge in [0.15, 0.2) is 5.57 Å². The Bertz CT molecular complexity index is 1130. The standard InChI is InChI=1S/C21H21N5O4/c1-13-16(12-23-25(13)4)18-9-10-26(24-18)15-7-5-14(6-8-15)22-11-17-19(27)29-21(2,3)30-20(17)28/h5-12,22H,1-4H3. The number of rotatable bonds is 4. The van der Waals surface area contributed by atoms with E-state index in [9.17, 15) is 9.59 Å². The van der Waals surface area contributed by atoms with Gasteiger partial charge >= 0.3 is 11.9 Å². The highest BCUT2D eigenvalue weighted by Gasteiger charge is 2.38. The minimum atomic E-state index is -1.26. The molecule has 0 radical (unpaired) electrons. The van der Waals surface area contributed by atoms with Crippen molar-refractivity contribution >= 4 is 17.6 Å². The summed E-state index contributed by atoms with van der Waals surface area (Å²) >= 11 is 0. The van der Waals surface area contributed by atoms with Gasteiger partial charge in [0.25, 0.3) is 5.79 Å². The molecule has 0 atom stereocenters. The van der Waals surface area contributed by atoms with Crippen molar-refractivity contribution < 1.29 is 19.1 Å². The lowest BCUT2D eigenvalue weighted by Crippen LogP contribution is -2.42. The molecule has 1 aliphatic rings. The van der Waals surface area contributed by atoms with E-state index in [4.69, 9.17) is 9.47 Å². The first kappa shape index (κ1) is 19.4. The van der Waals surface area contributed by atoms with Crippen LogP contribution < -0.4 is 5.32 Å². The molecule has 3 heterocycles. The second-order valence-electron chi connectivity index (χ2n) is 7.34. The predicted octanol–water partition coefficient (Wildman–Crippen LogP) is 2.71. The number of esters is 2. The number of hydrogen-bond donors (Lipinski definition) is 1. The summed E-state index contributed by atoms with van der Waals surface area (Å²) in [7, 11) is 1.89. The van der Waals surface area contributed by atoms with Crippen LogP contribution in [0.15, 0.2) is 54.5 Å². The van der Waals surface area contributed by atoms with Crippen molar-refractivity contribution in [2.24, 2.45) is 7.05 Å². The van der Waals surface area contributed by atoms with Crippen LogP contribution in [0, 0.1) is 6.92 Å². The zero-order valence-electron chi connectivity index (χ0n) is 17.0. The number of nitrogens with zero attached hydrogens (tertiary/aromatic N) is 4. The maximum atomic E-state index is 12.0. The second-order valence-corrected chi connectivity index (χ2v) is 7.34. The Morgan fingerprint density at radius 1 is 1.07 bits per heavy atom. The number of carbonyl (C=O) groups is 2. The van der Waals surface area contributed by atoms with E-state index in [-0.39, 0.29) is 5.57 Å². The lowest BCUT2D eigenvalue weighted by Gasteiger charge is -2.29. The van der Waals surface area contributed by atoms with Crippen molar-refractivity contribution in [1.82, 2.24) is 19.6 Å². The first-order chi connectivity index (χ1) is 14.2. The largest absolute Gasteiger partial charge is 0.419 e. The van der Waals surface area contributed by atoms with Crippen molar-refractivity contribution in [2.45, 2.75) is 26.6 Å². The summed E-state index contributed by atoms with van der Waals surface area (Å²) < 4.78 is 13.7. The highest BCUT2D eigenvalue weighted by atomic mass is 16.7. The van der Waals surface area contributed by atoms with Gasteiger partial charge in [0, 0.05) is 50.2 Å². The Kier molecular flexibility index (Phi) is 4.65. The number of ether oxygens (including phenoxy) is 2. The third-order valence-electron chi connectivity index (χ3n) is 4.73. The number of anilines is 1. The fraction of sp³-hybridized carbons (Fsp3) is 0.238. The van der Waals surface area contributed by atoms with Gasteiger partial charge < -0.3 is 14.8 Å². The van der Waals surface area contributed by atoms with Crippen LogP contribution in [0.3, 0.4) is 0 Å². The maximum Gasteiger partial charge on any atom is 0.350 e. The zero-order chi connectivity index (χ0) is 21.5. The van der Waals surface area contributed by atoms with Gasteiger partial charge in [-0.05, 0) is 37.3 Å². The third kappa shape index (κ3) is 3.69. The van der Waals surface area contributed by atoms with Gasteiger partial charge in [-0.3, -0.25) is 4.68 Å². The minimum absolute atomic E-state index is 0.193. The quantitative estimate of drug-likeness (QED) is 0.403. The average Bonchev–Trinajstić information content (AvgIpc) is 3.28. The molecule has 0 aliphatic carbocycles. The zero-order valence-corrected chi connectivity index (χ0v) is 17.0. The highest BCUT2D eigenvalue weighted by Crippen LogP contribution is 2.24. The van der Waals surface area contributed by atoms with Crippen LogP contribution >= 0.6 is 0 Å². The summed E-state index contributed by atoms with van der Waals surface area (Å²) in [6.07, 6.45) is 4.96. The van der Waals surface area contributed by atoms with Crippen LogP contribution in [-0.2, 0) is 26.1 Å². The van der Waals surface area contributed by atoms with Crippen LogP contribution in [0.5, 0.6) is 0 Å². The monoisotopic (exact) mass is 407 g/mol. The molecule has 0 amide bonds. The van der Waals surface area contributed by atoms with Crippen molar-refractivity contribution in [3.63, 3.8) is 0 Å². The molecule has 1 saturated heterocycles. The van der Waals surface area contributed by atoms with Crippen LogP contribution in [0.2, 0.25) is 0 Å². The van der Waals surface area contributed by atoms with E-state index in [1.165, 1.54) is 20.0 Å². The average molecular weight is 407 g/mol. The topological polar surface area (TPSA) is 100 Å². The SMILES string of the molecule is Cc1c(-c2ccn(-c3ccc(NC=C4C(=O)OC(C)(C)OC4=O)cc3)n2)cnn1C. The van der Waals surface area contributed by atoms with E-state index >= 15 is 0 Å². The van der Waals surface area contributed by atoms with E-state index in [1.54, 1.807) is 10.9 Å². The number of carbonyl (C=O) groups excluding carboxylic acids is 2. The molecular formula is C21H21N5O4. The summed E-state index contributed by atoms with van der Waals surface area (Å²) in [5, 5.41) is 11.8. The molecule has 4 rings (SSSR count). The Hall–Kier alpha value is -3.88. The van der Waals surface area contributed by atoms with Gasteiger partial charge in [-0.15, -0.1) is 0 Å². The number of aromatic nitrogens is 4. The predicted molar refractivity (Wildman–Crippen MR) is 108 cm³/mol. The van der Waals surface area contributed by atoms with Crippen LogP contribution in [0.1, 0.15) is 19.5 Å². The molecular weight excluding hydrogens is 386 g/mol. The Balaban J connectivity index is 1.48. The molecule has 9 heteroatoms. The lowest BCUT2D eigenvalue weighted by atomic mass is 10.2. The molecule has 3 aromatic rings. The molecule has 1 aromatic carbocycles. The Morgan fingerprint density at radius 3 is 2.33 bits per heavy atom. The Morgan fingerprint density at radius 2 is 1.73 bits per heavy atom. The van der Waals surface area contributed by atoms with Gasteiger partial charge in [0.05, 0.1) is 17.6 Å². The van der Waals surface area contributed by atoms with Crippen LogP contribution in [-0.4, -0.2) is 37.3 Å². The molecule has 1 aliphatic heterocycles. The van der Waals surface area contributed by atoms with Gasteiger partial charge in [0.1, 0.15) is 0 Å². The minimum Gasteiger partial charge on any atom is -0.419 e. The van der Waals surface area contributed by atoms with E-state index in [0.717, 1.165) is 22.6 Å².